The second kappa shape index (κ2) is 8.11. The molecule has 0 aliphatic heterocycles. The standard InChI is InChI=1S/C20H19NO5/c1-21(2)12-17(13-7-5-4-6-8-13)19(23)18(22)15-10-9-14(26-3)11-16(15)20(24)25/h4-12H,1-3H3,(H,24,25). The number of carboxylic acid groups (broad SMARTS) is 1. The quantitative estimate of drug-likeness (QED) is 0.468. The molecule has 0 unspecified atom stereocenters. The van der Waals surface area contributed by atoms with Crippen LogP contribution in [0.4, 0.5) is 0 Å². The highest BCUT2D eigenvalue weighted by atomic mass is 16.5. The molecule has 0 aliphatic carbocycles. The summed E-state index contributed by atoms with van der Waals surface area (Å²) < 4.78 is 4.99. The highest BCUT2D eigenvalue weighted by Gasteiger charge is 2.26. The highest BCUT2D eigenvalue weighted by molar-refractivity contribution is 6.58. The van der Waals surface area contributed by atoms with E-state index in [1.165, 1.54) is 25.3 Å². The Labute approximate surface area is 151 Å². The fourth-order valence-corrected chi connectivity index (χ4v) is 2.41. The zero-order valence-corrected chi connectivity index (χ0v) is 14.7. The number of ketones is 2. The number of methoxy groups -OCH3 is 1. The van der Waals surface area contributed by atoms with Crippen molar-refractivity contribution in [1.29, 1.82) is 0 Å². The molecule has 0 radical (unpaired) electrons. The summed E-state index contributed by atoms with van der Waals surface area (Å²) in [6.07, 6.45) is 1.54. The lowest BCUT2D eigenvalue weighted by atomic mass is 9.94. The van der Waals surface area contributed by atoms with Crippen molar-refractivity contribution in [1.82, 2.24) is 4.90 Å². The molecular formula is C20H19NO5. The molecule has 0 bridgehead atoms. The van der Waals surface area contributed by atoms with Crippen LogP contribution >= 0.6 is 0 Å². The molecule has 0 spiro atoms. The van der Waals surface area contributed by atoms with Gasteiger partial charge < -0.3 is 14.7 Å². The van der Waals surface area contributed by atoms with Gasteiger partial charge in [-0.05, 0) is 23.8 Å². The first kappa shape index (κ1) is 18.9. The zero-order valence-electron chi connectivity index (χ0n) is 14.7. The number of carbonyl (C=O) groups is 3. The number of hydrogen-bond donors (Lipinski definition) is 1. The summed E-state index contributed by atoms with van der Waals surface area (Å²) in [4.78, 5) is 38.7. The fourth-order valence-electron chi connectivity index (χ4n) is 2.41. The molecule has 0 fully saturated rings. The van der Waals surface area contributed by atoms with Crippen LogP contribution in [0.3, 0.4) is 0 Å². The first-order valence-corrected chi connectivity index (χ1v) is 7.79. The van der Waals surface area contributed by atoms with Crippen LogP contribution in [-0.2, 0) is 4.79 Å². The van der Waals surface area contributed by atoms with Crippen LogP contribution in [0.5, 0.6) is 5.75 Å². The Bertz CT molecular complexity index is 869. The number of ether oxygens (including phenoxy) is 1. The number of carbonyl (C=O) groups excluding carboxylic acids is 2. The second-order valence-electron chi connectivity index (χ2n) is 5.75. The second-order valence-corrected chi connectivity index (χ2v) is 5.75. The third-order valence-electron chi connectivity index (χ3n) is 3.62. The van der Waals surface area contributed by atoms with Gasteiger partial charge in [0.05, 0.1) is 12.7 Å². The van der Waals surface area contributed by atoms with Crippen LogP contribution < -0.4 is 4.74 Å². The van der Waals surface area contributed by atoms with Crippen molar-refractivity contribution in [2.45, 2.75) is 0 Å². The van der Waals surface area contributed by atoms with E-state index in [0.717, 1.165) is 0 Å². The molecule has 2 aromatic carbocycles. The molecule has 0 atom stereocenters. The molecule has 0 aromatic heterocycles. The lowest BCUT2D eigenvalue weighted by molar-refractivity contribution is -0.110. The molecule has 0 aliphatic rings. The van der Waals surface area contributed by atoms with Gasteiger partial charge in [-0.3, -0.25) is 9.59 Å². The van der Waals surface area contributed by atoms with Crippen molar-refractivity contribution in [3.8, 4) is 5.75 Å². The Morgan fingerprint density at radius 3 is 2.19 bits per heavy atom. The number of Topliss-reactive ketones (excluding diaryl/α,β-unsaturated/α-hetero) is 2. The largest absolute Gasteiger partial charge is 0.497 e. The van der Waals surface area contributed by atoms with Gasteiger partial charge in [0.1, 0.15) is 5.75 Å². The van der Waals surface area contributed by atoms with E-state index in [0.29, 0.717) is 11.3 Å². The van der Waals surface area contributed by atoms with Crippen LogP contribution in [0.15, 0.2) is 54.7 Å². The average Bonchev–Trinajstić information content (AvgIpc) is 2.65. The number of carboxylic acids is 1. The first-order chi connectivity index (χ1) is 12.3. The lowest BCUT2D eigenvalue weighted by Crippen LogP contribution is -2.20. The van der Waals surface area contributed by atoms with Crippen LogP contribution in [0.2, 0.25) is 0 Å². The summed E-state index contributed by atoms with van der Waals surface area (Å²) in [7, 11) is 4.86. The van der Waals surface area contributed by atoms with Crippen LogP contribution in [-0.4, -0.2) is 48.7 Å². The maximum Gasteiger partial charge on any atom is 0.336 e. The third kappa shape index (κ3) is 4.16. The molecule has 6 heteroatoms. The Hall–Kier alpha value is -3.41. The molecule has 2 rings (SSSR count). The molecule has 0 saturated heterocycles. The minimum atomic E-state index is -1.31. The monoisotopic (exact) mass is 353 g/mol. The number of rotatable bonds is 7. The maximum atomic E-state index is 12.8. The first-order valence-electron chi connectivity index (χ1n) is 7.79. The summed E-state index contributed by atoms with van der Waals surface area (Å²) in [6, 6.07) is 12.7. The van der Waals surface area contributed by atoms with E-state index >= 15 is 0 Å². The molecule has 6 nitrogen and oxygen atoms in total. The molecule has 134 valence electrons. The maximum absolute atomic E-state index is 12.8. The van der Waals surface area contributed by atoms with E-state index in [2.05, 4.69) is 0 Å². The Kier molecular flexibility index (Phi) is 5.90. The van der Waals surface area contributed by atoms with Gasteiger partial charge in [0.15, 0.2) is 0 Å². The van der Waals surface area contributed by atoms with Crippen LogP contribution in [0.1, 0.15) is 26.3 Å². The Morgan fingerprint density at radius 2 is 1.65 bits per heavy atom. The van der Waals surface area contributed by atoms with Gasteiger partial charge in [-0.2, -0.15) is 0 Å². The fraction of sp³-hybridized carbons (Fsp3) is 0.150. The van der Waals surface area contributed by atoms with Crippen LogP contribution in [0.25, 0.3) is 5.57 Å². The van der Waals surface area contributed by atoms with Crippen molar-refractivity contribution in [3.63, 3.8) is 0 Å². The highest BCUT2D eigenvalue weighted by Crippen LogP contribution is 2.22. The molecule has 0 saturated carbocycles. The topological polar surface area (TPSA) is 83.9 Å². The average molecular weight is 353 g/mol. The van der Waals surface area contributed by atoms with E-state index in [1.807, 2.05) is 0 Å². The predicted octanol–water partition coefficient (Wildman–Crippen LogP) is 2.75. The molecule has 0 heterocycles. The van der Waals surface area contributed by atoms with Crippen molar-refractivity contribution in [2.75, 3.05) is 21.2 Å². The van der Waals surface area contributed by atoms with Gasteiger partial charge in [0.25, 0.3) is 0 Å². The summed E-state index contributed by atoms with van der Waals surface area (Å²) in [6.45, 7) is 0. The molecule has 2 aromatic rings. The van der Waals surface area contributed by atoms with E-state index in [9.17, 15) is 19.5 Å². The Balaban J connectivity index is 2.51. The molecule has 1 N–H and O–H groups in total. The summed E-state index contributed by atoms with van der Waals surface area (Å²) in [5.41, 5.74) is 0.307. The Morgan fingerprint density at radius 1 is 1.00 bits per heavy atom. The van der Waals surface area contributed by atoms with Gasteiger partial charge in [-0.25, -0.2) is 4.79 Å². The smallest absolute Gasteiger partial charge is 0.336 e. The van der Waals surface area contributed by atoms with Crippen molar-refractivity contribution >= 4 is 23.1 Å². The normalized spacial score (nSPS) is 11.0. The van der Waals surface area contributed by atoms with Crippen molar-refractivity contribution in [3.05, 3.63) is 71.4 Å². The SMILES string of the molecule is COc1ccc(C(=O)C(=O)C(=CN(C)C)c2ccccc2)c(C(=O)O)c1. The third-order valence-corrected chi connectivity index (χ3v) is 3.62. The van der Waals surface area contributed by atoms with Gasteiger partial charge in [0.2, 0.25) is 11.6 Å². The van der Waals surface area contributed by atoms with Gasteiger partial charge in [-0.1, -0.05) is 30.3 Å². The number of nitrogens with zero attached hydrogens (tertiary/aromatic N) is 1. The van der Waals surface area contributed by atoms with E-state index in [-0.39, 0.29) is 16.7 Å². The van der Waals surface area contributed by atoms with Crippen molar-refractivity contribution < 1.29 is 24.2 Å². The van der Waals surface area contributed by atoms with Crippen molar-refractivity contribution in [2.24, 2.45) is 0 Å². The van der Waals surface area contributed by atoms with Gasteiger partial charge in [-0.15, -0.1) is 0 Å². The van der Waals surface area contributed by atoms with Gasteiger partial charge >= 0.3 is 5.97 Å². The number of hydrogen-bond acceptors (Lipinski definition) is 5. The predicted molar refractivity (Wildman–Crippen MR) is 97.4 cm³/mol. The lowest BCUT2D eigenvalue weighted by Gasteiger charge is -2.12. The molecule has 0 amide bonds. The number of benzene rings is 2. The van der Waals surface area contributed by atoms with E-state index < -0.39 is 17.5 Å². The zero-order chi connectivity index (χ0) is 19.3. The van der Waals surface area contributed by atoms with E-state index in [4.69, 9.17) is 4.74 Å². The van der Waals surface area contributed by atoms with Crippen LogP contribution in [0, 0.1) is 0 Å². The molecular weight excluding hydrogens is 334 g/mol. The van der Waals surface area contributed by atoms with Gasteiger partial charge in [0, 0.05) is 31.4 Å². The summed E-state index contributed by atoms with van der Waals surface area (Å²) in [5, 5.41) is 9.38. The summed E-state index contributed by atoms with van der Waals surface area (Å²) in [5.74, 6) is -2.68. The minimum Gasteiger partial charge on any atom is -0.497 e. The minimum absolute atomic E-state index is 0.177. The summed E-state index contributed by atoms with van der Waals surface area (Å²) >= 11 is 0. The van der Waals surface area contributed by atoms with E-state index in [1.54, 1.807) is 55.5 Å². The number of aromatic carboxylic acids is 1. The molecule has 26 heavy (non-hydrogen) atoms. The number of allylic oxidation sites excluding steroid dienone is 1.